The Morgan fingerprint density at radius 2 is 2.00 bits per heavy atom. The molecule has 4 heteroatoms. The van der Waals surface area contributed by atoms with Crippen molar-refractivity contribution in [2.45, 2.75) is 27.7 Å². The number of benzene rings is 1. The molecule has 0 atom stereocenters. The van der Waals surface area contributed by atoms with E-state index in [0.29, 0.717) is 23.2 Å². The maximum Gasteiger partial charge on any atom is 0.269 e. The predicted octanol–water partition coefficient (Wildman–Crippen LogP) is 4.30. The Labute approximate surface area is 130 Å². The maximum atomic E-state index is 12.3. The van der Waals surface area contributed by atoms with Gasteiger partial charge in [-0.05, 0) is 23.5 Å². The van der Waals surface area contributed by atoms with Crippen molar-refractivity contribution in [2.24, 2.45) is 11.3 Å². The van der Waals surface area contributed by atoms with Crippen LogP contribution in [0, 0.1) is 11.3 Å². The molecule has 0 aliphatic carbocycles. The molecule has 1 amide bonds. The standard InChI is InChI=1S/C17H21ClN2O/c1-11(2)17(3,4)10-19-16(21)15-9-13(18)12-7-5-6-8-14(12)20-15/h5-9,11H,10H2,1-4H3,(H,19,21). The highest BCUT2D eigenvalue weighted by molar-refractivity contribution is 6.35. The van der Waals surface area contributed by atoms with Crippen molar-refractivity contribution in [2.75, 3.05) is 6.54 Å². The first-order valence-corrected chi connectivity index (χ1v) is 7.52. The molecule has 21 heavy (non-hydrogen) atoms. The molecular formula is C17H21ClN2O. The highest BCUT2D eigenvalue weighted by Gasteiger charge is 2.23. The van der Waals surface area contributed by atoms with Gasteiger partial charge in [0.05, 0.1) is 10.5 Å². The largest absolute Gasteiger partial charge is 0.350 e. The first kappa shape index (κ1) is 15.8. The van der Waals surface area contributed by atoms with Crippen LogP contribution in [0.1, 0.15) is 38.2 Å². The predicted molar refractivity (Wildman–Crippen MR) is 87.7 cm³/mol. The molecule has 0 saturated carbocycles. The number of amides is 1. The van der Waals surface area contributed by atoms with Crippen LogP contribution in [0.25, 0.3) is 10.9 Å². The maximum absolute atomic E-state index is 12.3. The molecule has 0 saturated heterocycles. The summed E-state index contributed by atoms with van der Waals surface area (Å²) in [5.74, 6) is 0.294. The molecule has 1 N–H and O–H groups in total. The van der Waals surface area contributed by atoms with Gasteiger partial charge in [0.15, 0.2) is 0 Å². The number of fused-ring (bicyclic) bond motifs is 1. The topological polar surface area (TPSA) is 42.0 Å². The molecular weight excluding hydrogens is 284 g/mol. The summed E-state index contributed by atoms with van der Waals surface area (Å²) in [4.78, 5) is 16.7. The van der Waals surface area contributed by atoms with Crippen LogP contribution in [0.3, 0.4) is 0 Å². The number of para-hydroxylation sites is 1. The second-order valence-electron chi connectivity index (χ2n) is 6.33. The summed E-state index contributed by atoms with van der Waals surface area (Å²) in [5, 5.41) is 4.36. The summed E-state index contributed by atoms with van der Waals surface area (Å²) in [6.45, 7) is 9.18. The van der Waals surface area contributed by atoms with E-state index in [-0.39, 0.29) is 11.3 Å². The number of aromatic nitrogens is 1. The fourth-order valence-corrected chi connectivity index (χ4v) is 2.12. The zero-order valence-corrected chi connectivity index (χ0v) is 13.7. The van der Waals surface area contributed by atoms with Gasteiger partial charge in [-0.25, -0.2) is 4.98 Å². The van der Waals surface area contributed by atoms with Crippen LogP contribution in [-0.2, 0) is 0 Å². The van der Waals surface area contributed by atoms with E-state index in [9.17, 15) is 4.79 Å². The Morgan fingerprint density at radius 3 is 2.67 bits per heavy atom. The third-order valence-electron chi connectivity index (χ3n) is 4.17. The van der Waals surface area contributed by atoms with Gasteiger partial charge in [-0.3, -0.25) is 4.79 Å². The summed E-state index contributed by atoms with van der Waals surface area (Å²) in [6, 6.07) is 9.17. The van der Waals surface area contributed by atoms with Gasteiger partial charge in [-0.15, -0.1) is 0 Å². The van der Waals surface area contributed by atoms with Crippen LogP contribution in [0.2, 0.25) is 5.02 Å². The van der Waals surface area contributed by atoms with E-state index in [2.05, 4.69) is 38.0 Å². The molecule has 0 aliphatic heterocycles. The number of halogens is 1. The lowest BCUT2D eigenvalue weighted by molar-refractivity contribution is 0.0920. The van der Waals surface area contributed by atoms with E-state index in [1.54, 1.807) is 6.07 Å². The number of carbonyl (C=O) groups is 1. The quantitative estimate of drug-likeness (QED) is 0.915. The fraction of sp³-hybridized carbons (Fsp3) is 0.412. The Balaban J connectivity index is 2.20. The molecule has 0 fully saturated rings. The van der Waals surface area contributed by atoms with Crippen molar-refractivity contribution in [1.82, 2.24) is 10.3 Å². The number of carbonyl (C=O) groups excluding carboxylic acids is 1. The van der Waals surface area contributed by atoms with Crippen LogP contribution < -0.4 is 5.32 Å². The minimum atomic E-state index is -0.184. The van der Waals surface area contributed by atoms with Crippen molar-refractivity contribution < 1.29 is 4.79 Å². The second-order valence-corrected chi connectivity index (χ2v) is 6.74. The Hall–Kier alpha value is -1.61. The second kappa shape index (κ2) is 6.02. The Bertz CT molecular complexity index is 665. The molecule has 1 aromatic carbocycles. The molecule has 0 spiro atoms. The van der Waals surface area contributed by atoms with E-state index in [1.807, 2.05) is 24.3 Å². The highest BCUT2D eigenvalue weighted by atomic mass is 35.5. The number of nitrogens with zero attached hydrogens (tertiary/aromatic N) is 1. The molecule has 2 rings (SSSR count). The monoisotopic (exact) mass is 304 g/mol. The van der Waals surface area contributed by atoms with Gasteiger partial charge in [0.1, 0.15) is 5.69 Å². The van der Waals surface area contributed by atoms with Crippen LogP contribution in [-0.4, -0.2) is 17.4 Å². The van der Waals surface area contributed by atoms with Gasteiger partial charge < -0.3 is 5.32 Å². The average molecular weight is 305 g/mol. The van der Waals surface area contributed by atoms with E-state index in [4.69, 9.17) is 11.6 Å². The molecule has 2 aromatic rings. The zero-order chi connectivity index (χ0) is 15.6. The lowest BCUT2D eigenvalue weighted by Crippen LogP contribution is -2.37. The molecule has 1 heterocycles. The molecule has 112 valence electrons. The molecule has 0 bridgehead atoms. The Morgan fingerprint density at radius 1 is 1.33 bits per heavy atom. The highest BCUT2D eigenvalue weighted by Crippen LogP contribution is 2.25. The first-order valence-electron chi connectivity index (χ1n) is 7.15. The van der Waals surface area contributed by atoms with Gasteiger partial charge in [-0.2, -0.15) is 0 Å². The summed E-state index contributed by atoms with van der Waals surface area (Å²) < 4.78 is 0. The molecule has 1 aromatic heterocycles. The van der Waals surface area contributed by atoms with Crippen molar-refractivity contribution in [3.63, 3.8) is 0 Å². The van der Waals surface area contributed by atoms with Gasteiger partial charge in [0, 0.05) is 11.9 Å². The third kappa shape index (κ3) is 3.53. The number of rotatable bonds is 4. The number of pyridine rings is 1. The normalized spacial score (nSPS) is 11.9. The van der Waals surface area contributed by atoms with Crippen LogP contribution in [0.5, 0.6) is 0 Å². The zero-order valence-electron chi connectivity index (χ0n) is 12.9. The van der Waals surface area contributed by atoms with Crippen LogP contribution in [0.15, 0.2) is 30.3 Å². The minimum absolute atomic E-state index is 0.0380. The van der Waals surface area contributed by atoms with Crippen LogP contribution >= 0.6 is 11.6 Å². The van der Waals surface area contributed by atoms with Gasteiger partial charge in [0.25, 0.3) is 5.91 Å². The number of hydrogen-bond donors (Lipinski definition) is 1. The van der Waals surface area contributed by atoms with Crippen molar-refractivity contribution in [1.29, 1.82) is 0 Å². The van der Waals surface area contributed by atoms with E-state index in [1.165, 1.54) is 0 Å². The van der Waals surface area contributed by atoms with Crippen molar-refractivity contribution in [3.8, 4) is 0 Å². The third-order valence-corrected chi connectivity index (χ3v) is 4.48. The average Bonchev–Trinajstić information content (AvgIpc) is 2.44. The van der Waals surface area contributed by atoms with Gasteiger partial charge >= 0.3 is 0 Å². The molecule has 3 nitrogen and oxygen atoms in total. The fourth-order valence-electron chi connectivity index (χ4n) is 1.85. The van der Waals surface area contributed by atoms with E-state index < -0.39 is 0 Å². The lowest BCUT2D eigenvalue weighted by atomic mass is 9.81. The van der Waals surface area contributed by atoms with Gasteiger partial charge in [0.2, 0.25) is 0 Å². The molecule has 0 aliphatic rings. The van der Waals surface area contributed by atoms with Crippen molar-refractivity contribution >= 4 is 28.4 Å². The van der Waals surface area contributed by atoms with E-state index >= 15 is 0 Å². The lowest BCUT2D eigenvalue weighted by Gasteiger charge is -2.29. The molecule has 0 radical (unpaired) electrons. The van der Waals surface area contributed by atoms with Crippen molar-refractivity contribution in [3.05, 3.63) is 41.0 Å². The summed E-state index contributed by atoms with van der Waals surface area (Å²) in [5.41, 5.74) is 1.13. The number of hydrogen-bond acceptors (Lipinski definition) is 2. The number of nitrogens with one attached hydrogen (secondary N) is 1. The van der Waals surface area contributed by atoms with Crippen LogP contribution in [0.4, 0.5) is 0 Å². The first-order chi connectivity index (χ1) is 9.81. The minimum Gasteiger partial charge on any atom is -0.350 e. The SMILES string of the molecule is CC(C)C(C)(C)CNC(=O)c1cc(Cl)c2ccccc2n1. The van der Waals surface area contributed by atoms with E-state index in [0.717, 1.165) is 10.9 Å². The summed E-state index contributed by atoms with van der Waals surface area (Å²) in [7, 11) is 0. The summed E-state index contributed by atoms with van der Waals surface area (Å²) >= 11 is 6.23. The van der Waals surface area contributed by atoms with Gasteiger partial charge in [-0.1, -0.05) is 57.5 Å². The Kier molecular flexibility index (Phi) is 4.52. The molecule has 0 unspecified atom stereocenters. The smallest absolute Gasteiger partial charge is 0.269 e. The summed E-state index contributed by atoms with van der Waals surface area (Å²) in [6.07, 6.45) is 0.